The summed E-state index contributed by atoms with van der Waals surface area (Å²) in [6.45, 7) is 2.25. The van der Waals surface area contributed by atoms with Gasteiger partial charge >= 0.3 is 6.18 Å². The third kappa shape index (κ3) is 5.50. The quantitative estimate of drug-likeness (QED) is 0.911. The van der Waals surface area contributed by atoms with Gasteiger partial charge in [-0.05, 0) is 48.0 Å². The summed E-state index contributed by atoms with van der Waals surface area (Å²) in [4.78, 5) is 11.7. The molecule has 0 aliphatic rings. The summed E-state index contributed by atoms with van der Waals surface area (Å²) in [5, 5.41) is 1.81. The normalized spacial score (nSPS) is 11.5. The monoisotopic (exact) mass is 339 g/mol. The van der Waals surface area contributed by atoms with Crippen molar-refractivity contribution in [2.75, 3.05) is 6.54 Å². The standard InChI is InChI=1S/C12H13BrF3NO2/c1-7(2)19-8-3-4-10(13)9(5-8)11(18)17-6-12(14,15)16/h3-5,7H,6H2,1-2H3,(H,17,18). The van der Waals surface area contributed by atoms with Gasteiger partial charge in [-0.2, -0.15) is 13.2 Å². The van der Waals surface area contributed by atoms with Crippen molar-refractivity contribution in [3.05, 3.63) is 28.2 Å². The summed E-state index contributed by atoms with van der Waals surface area (Å²) in [5.41, 5.74) is 0.0994. The molecule has 1 rings (SSSR count). The molecule has 0 unspecified atom stereocenters. The highest BCUT2D eigenvalue weighted by atomic mass is 79.9. The maximum absolute atomic E-state index is 12.0. The van der Waals surface area contributed by atoms with Crippen LogP contribution in [0.15, 0.2) is 22.7 Å². The zero-order valence-corrected chi connectivity index (χ0v) is 11.9. The Bertz CT molecular complexity index is 461. The predicted octanol–water partition coefficient (Wildman–Crippen LogP) is 3.53. The van der Waals surface area contributed by atoms with E-state index in [1.807, 2.05) is 19.2 Å². The van der Waals surface area contributed by atoms with Crippen molar-refractivity contribution in [3.8, 4) is 5.75 Å². The van der Waals surface area contributed by atoms with Crippen LogP contribution in [-0.2, 0) is 0 Å². The highest BCUT2D eigenvalue weighted by Crippen LogP contribution is 2.23. The van der Waals surface area contributed by atoms with E-state index in [9.17, 15) is 18.0 Å². The molecule has 0 saturated carbocycles. The maximum atomic E-state index is 12.0. The van der Waals surface area contributed by atoms with Crippen molar-refractivity contribution in [1.82, 2.24) is 5.32 Å². The highest BCUT2D eigenvalue weighted by molar-refractivity contribution is 9.10. The largest absolute Gasteiger partial charge is 0.491 e. The molecule has 0 aromatic heterocycles. The molecule has 0 atom stereocenters. The Morgan fingerprint density at radius 3 is 2.58 bits per heavy atom. The molecule has 0 aliphatic heterocycles. The molecule has 3 nitrogen and oxygen atoms in total. The van der Waals surface area contributed by atoms with Crippen LogP contribution in [0.2, 0.25) is 0 Å². The fourth-order valence-corrected chi connectivity index (χ4v) is 1.73. The number of rotatable bonds is 4. The lowest BCUT2D eigenvalue weighted by atomic mass is 10.2. The van der Waals surface area contributed by atoms with E-state index >= 15 is 0 Å². The first-order valence-corrected chi connectivity index (χ1v) is 6.29. The number of benzene rings is 1. The number of nitrogens with one attached hydrogen (secondary N) is 1. The number of hydrogen-bond donors (Lipinski definition) is 1. The molecular formula is C12H13BrF3NO2. The number of halogens is 4. The minimum absolute atomic E-state index is 0.0905. The van der Waals surface area contributed by atoms with Crippen LogP contribution in [0.1, 0.15) is 24.2 Å². The summed E-state index contributed by atoms with van der Waals surface area (Å²) >= 11 is 3.12. The number of carbonyl (C=O) groups excluding carboxylic acids is 1. The topological polar surface area (TPSA) is 38.3 Å². The Morgan fingerprint density at radius 1 is 1.42 bits per heavy atom. The second kappa shape index (κ2) is 6.27. The SMILES string of the molecule is CC(C)Oc1ccc(Br)c(C(=O)NCC(F)(F)F)c1. The van der Waals surface area contributed by atoms with Crippen LogP contribution in [0.3, 0.4) is 0 Å². The molecule has 0 bridgehead atoms. The Kier molecular flexibility index (Phi) is 5.22. The van der Waals surface area contributed by atoms with Gasteiger partial charge in [0, 0.05) is 4.47 Å². The summed E-state index contributed by atoms with van der Waals surface area (Å²) in [6, 6.07) is 4.58. The molecule has 0 spiro atoms. The highest BCUT2D eigenvalue weighted by Gasteiger charge is 2.28. The molecule has 1 aromatic rings. The molecule has 19 heavy (non-hydrogen) atoms. The molecule has 0 radical (unpaired) electrons. The van der Waals surface area contributed by atoms with E-state index < -0.39 is 18.6 Å². The Balaban J connectivity index is 2.83. The lowest BCUT2D eigenvalue weighted by Crippen LogP contribution is -2.33. The van der Waals surface area contributed by atoms with Gasteiger partial charge < -0.3 is 10.1 Å². The molecule has 1 amide bonds. The van der Waals surface area contributed by atoms with Crippen LogP contribution in [0.25, 0.3) is 0 Å². The zero-order chi connectivity index (χ0) is 14.6. The number of hydrogen-bond acceptors (Lipinski definition) is 2. The van der Waals surface area contributed by atoms with E-state index in [1.54, 1.807) is 12.1 Å². The van der Waals surface area contributed by atoms with Gasteiger partial charge in [-0.15, -0.1) is 0 Å². The Labute approximate surface area is 117 Å². The number of ether oxygens (including phenoxy) is 1. The van der Waals surface area contributed by atoms with Crippen molar-refractivity contribution >= 4 is 21.8 Å². The van der Waals surface area contributed by atoms with Crippen molar-refractivity contribution in [2.24, 2.45) is 0 Å². The molecule has 0 saturated heterocycles. The number of carbonyl (C=O) groups is 1. The van der Waals surface area contributed by atoms with Gasteiger partial charge in [-0.25, -0.2) is 0 Å². The van der Waals surface area contributed by atoms with Crippen LogP contribution in [0.4, 0.5) is 13.2 Å². The molecule has 0 aliphatic carbocycles. The predicted molar refractivity (Wildman–Crippen MR) is 68.3 cm³/mol. The average molecular weight is 340 g/mol. The van der Waals surface area contributed by atoms with Crippen LogP contribution in [0, 0.1) is 0 Å². The zero-order valence-electron chi connectivity index (χ0n) is 10.3. The molecule has 0 fully saturated rings. The molecule has 1 N–H and O–H groups in total. The van der Waals surface area contributed by atoms with Gasteiger partial charge in [0.2, 0.25) is 0 Å². The average Bonchev–Trinajstić information content (AvgIpc) is 2.27. The van der Waals surface area contributed by atoms with Crippen molar-refractivity contribution in [2.45, 2.75) is 26.1 Å². The third-order valence-electron chi connectivity index (χ3n) is 2.00. The van der Waals surface area contributed by atoms with E-state index in [1.165, 1.54) is 6.07 Å². The number of amides is 1. The van der Waals surface area contributed by atoms with E-state index in [-0.39, 0.29) is 11.7 Å². The van der Waals surface area contributed by atoms with Crippen LogP contribution in [-0.4, -0.2) is 24.7 Å². The number of alkyl halides is 3. The van der Waals surface area contributed by atoms with Crippen LogP contribution in [0.5, 0.6) is 5.75 Å². The second-order valence-electron chi connectivity index (χ2n) is 4.11. The van der Waals surface area contributed by atoms with E-state index in [0.717, 1.165) is 0 Å². The molecule has 0 heterocycles. The lowest BCUT2D eigenvalue weighted by Gasteiger charge is -2.13. The summed E-state index contributed by atoms with van der Waals surface area (Å²) < 4.78 is 41.9. The summed E-state index contributed by atoms with van der Waals surface area (Å²) in [5.74, 6) is -0.381. The summed E-state index contributed by atoms with van der Waals surface area (Å²) in [7, 11) is 0. The van der Waals surface area contributed by atoms with Gasteiger partial charge in [0.25, 0.3) is 5.91 Å². The summed E-state index contributed by atoms with van der Waals surface area (Å²) in [6.07, 6.45) is -4.53. The van der Waals surface area contributed by atoms with E-state index in [0.29, 0.717) is 10.2 Å². The fourth-order valence-electron chi connectivity index (χ4n) is 1.30. The Hall–Kier alpha value is -1.24. The van der Waals surface area contributed by atoms with Crippen molar-refractivity contribution in [3.63, 3.8) is 0 Å². The van der Waals surface area contributed by atoms with Crippen molar-refractivity contribution < 1.29 is 22.7 Å². The first-order valence-electron chi connectivity index (χ1n) is 5.50. The van der Waals surface area contributed by atoms with Crippen molar-refractivity contribution in [1.29, 1.82) is 0 Å². The lowest BCUT2D eigenvalue weighted by molar-refractivity contribution is -0.123. The van der Waals surface area contributed by atoms with Crippen LogP contribution < -0.4 is 10.1 Å². The maximum Gasteiger partial charge on any atom is 0.405 e. The first kappa shape index (κ1) is 15.8. The van der Waals surface area contributed by atoms with Gasteiger partial charge in [-0.3, -0.25) is 4.79 Å². The third-order valence-corrected chi connectivity index (χ3v) is 2.70. The molecule has 7 heteroatoms. The fraction of sp³-hybridized carbons (Fsp3) is 0.417. The van der Waals surface area contributed by atoms with Gasteiger partial charge in [-0.1, -0.05) is 0 Å². The minimum atomic E-state index is -4.44. The van der Waals surface area contributed by atoms with E-state index in [2.05, 4.69) is 15.9 Å². The van der Waals surface area contributed by atoms with Crippen LogP contribution >= 0.6 is 15.9 Å². The molecule has 106 valence electrons. The minimum Gasteiger partial charge on any atom is -0.491 e. The smallest absolute Gasteiger partial charge is 0.405 e. The second-order valence-corrected chi connectivity index (χ2v) is 4.96. The first-order chi connectivity index (χ1) is 8.69. The van der Waals surface area contributed by atoms with Gasteiger partial charge in [0.05, 0.1) is 11.7 Å². The molecule has 1 aromatic carbocycles. The Morgan fingerprint density at radius 2 is 2.05 bits per heavy atom. The van der Waals surface area contributed by atoms with E-state index in [4.69, 9.17) is 4.74 Å². The van der Waals surface area contributed by atoms with Gasteiger partial charge in [0.15, 0.2) is 0 Å². The van der Waals surface area contributed by atoms with Gasteiger partial charge in [0.1, 0.15) is 12.3 Å². The molecular weight excluding hydrogens is 327 g/mol.